The van der Waals surface area contributed by atoms with Crippen LogP contribution in [0, 0.1) is 19.8 Å². The molecule has 0 heterocycles. The van der Waals surface area contributed by atoms with E-state index in [0.29, 0.717) is 6.04 Å². The van der Waals surface area contributed by atoms with Gasteiger partial charge in [0.15, 0.2) is 0 Å². The van der Waals surface area contributed by atoms with Gasteiger partial charge in [-0.1, -0.05) is 23.8 Å². The van der Waals surface area contributed by atoms with E-state index in [-0.39, 0.29) is 0 Å². The SMILES string of the molecule is CNC(Cc1cc(C)ccc1C)C1CC1. The lowest BCUT2D eigenvalue weighted by Crippen LogP contribution is -2.29. The number of likely N-dealkylation sites (N-methyl/N-ethyl adjacent to an activating group) is 1. The van der Waals surface area contributed by atoms with Crippen LogP contribution in [0.5, 0.6) is 0 Å². The Labute approximate surface area is 92.9 Å². The number of rotatable bonds is 4. The number of aryl methyl sites for hydroxylation is 2. The summed E-state index contributed by atoms with van der Waals surface area (Å²) in [6.07, 6.45) is 4.02. The highest BCUT2D eigenvalue weighted by atomic mass is 14.9. The monoisotopic (exact) mass is 203 g/mol. The quantitative estimate of drug-likeness (QED) is 0.793. The third kappa shape index (κ3) is 2.60. The number of benzene rings is 1. The van der Waals surface area contributed by atoms with E-state index in [4.69, 9.17) is 0 Å². The molecule has 0 saturated heterocycles. The summed E-state index contributed by atoms with van der Waals surface area (Å²) >= 11 is 0. The van der Waals surface area contributed by atoms with Crippen molar-refractivity contribution in [2.24, 2.45) is 5.92 Å². The second kappa shape index (κ2) is 4.36. The zero-order chi connectivity index (χ0) is 10.8. The first-order valence-electron chi connectivity index (χ1n) is 5.94. The topological polar surface area (TPSA) is 12.0 Å². The first kappa shape index (κ1) is 10.7. The van der Waals surface area contributed by atoms with Gasteiger partial charge in [0.05, 0.1) is 0 Å². The molecular formula is C14H21N. The summed E-state index contributed by atoms with van der Waals surface area (Å²) in [4.78, 5) is 0. The van der Waals surface area contributed by atoms with Gasteiger partial charge >= 0.3 is 0 Å². The first-order valence-corrected chi connectivity index (χ1v) is 5.94. The van der Waals surface area contributed by atoms with E-state index in [9.17, 15) is 0 Å². The summed E-state index contributed by atoms with van der Waals surface area (Å²) in [7, 11) is 2.09. The van der Waals surface area contributed by atoms with Crippen molar-refractivity contribution in [2.75, 3.05) is 7.05 Å². The molecule has 1 atom stereocenters. The fraction of sp³-hybridized carbons (Fsp3) is 0.571. The van der Waals surface area contributed by atoms with Gasteiger partial charge < -0.3 is 5.32 Å². The first-order chi connectivity index (χ1) is 7.20. The van der Waals surface area contributed by atoms with Crippen LogP contribution in [0.15, 0.2) is 18.2 Å². The molecule has 1 fully saturated rings. The Morgan fingerprint density at radius 1 is 1.33 bits per heavy atom. The highest BCUT2D eigenvalue weighted by molar-refractivity contribution is 5.31. The Balaban J connectivity index is 2.11. The van der Waals surface area contributed by atoms with Crippen molar-refractivity contribution in [1.82, 2.24) is 5.32 Å². The normalized spacial score (nSPS) is 17.8. The van der Waals surface area contributed by atoms with E-state index in [1.54, 1.807) is 0 Å². The standard InChI is InChI=1S/C14H21N/c1-10-4-5-11(2)13(8-10)9-14(15-3)12-6-7-12/h4-5,8,12,14-15H,6-7,9H2,1-3H3. The molecule has 0 spiro atoms. The van der Waals surface area contributed by atoms with Gasteiger partial charge in [-0.15, -0.1) is 0 Å². The van der Waals surface area contributed by atoms with Crippen LogP contribution in [0.25, 0.3) is 0 Å². The predicted octanol–water partition coefficient (Wildman–Crippen LogP) is 2.84. The minimum Gasteiger partial charge on any atom is -0.316 e. The third-order valence-electron chi connectivity index (χ3n) is 3.51. The van der Waals surface area contributed by atoms with Crippen molar-refractivity contribution in [2.45, 2.75) is 39.2 Å². The minimum absolute atomic E-state index is 0.686. The Morgan fingerprint density at radius 3 is 2.67 bits per heavy atom. The molecule has 1 saturated carbocycles. The average Bonchev–Trinajstić information content (AvgIpc) is 3.03. The molecule has 0 aromatic heterocycles. The lowest BCUT2D eigenvalue weighted by atomic mass is 9.97. The lowest BCUT2D eigenvalue weighted by molar-refractivity contribution is 0.499. The van der Waals surface area contributed by atoms with Crippen molar-refractivity contribution in [3.8, 4) is 0 Å². The van der Waals surface area contributed by atoms with Gasteiger partial charge in [0.1, 0.15) is 0 Å². The van der Waals surface area contributed by atoms with Crippen LogP contribution in [0.4, 0.5) is 0 Å². The van der Waals surface area contributed by atoms with Crippen molar-refractivity contribution in [1.29, 1.82) is 0 Å². The van der Waals surface area contributed by atoms with Gasteiger partial charge in [0.25, 0.3) is 0 Å². The minimum atomic E-state index is 0.686. The Kier molecular flexibility index (Phi) is 3.11. The highest BCUT2D eigenvalue weighted by Crippen LogP contribution is 2.34. The van der Waals surface area contributed by atoms with Crippen molar-refractivity contribution in [3.05, 3.63) is 34.9 Å². The van der Waals surface area contributed by atoms with Crippen LogP contribution in [0.2, 0.25) is 0 Å². The van der Waals surface area contributed by atoms with Crippen LogP contribution in [0.3, 0.4) is 0 Å². The van der Waals surface area contributed by atoms with Crippen molar-refractivity contribution >= 4 is 0 Å². The van der Waals surface area contributed by atoms with Crippen LogP contribution >= 0.6 is 0 Å². The van der Waals surface area contributed by atoms with E-state index in [1.807, 2.05) is 0 Å². The summed E-state index contributed by atoms with van der Waals surface area (Å²) < 4.78 is 0. The smallest absolute Gasteiger partial charge is 0.0133 e. The highest BCUT2D eigenvalue weighted by Gasteiger charge is 2.30. The maximum Gasteiger partial charge on any atom is 0.0133 e. The predicted molar refractivity (Wildman–Crippen MR) is 65.2 cm³/mol. The molecule has 1 heteroatoms. The van der Waals surface area contributed by atoms with Crippen LogP contribution in [0.1, 0.15) is 29.5 Å². The summed E-state index contributed by atoms with van der Waals surface area (Å²) in [6.45, 7) is 4.39. The Bertz CT molecular complexity index is 339. The molecule has 0 radical (unpaired) electrons. The van der Waals surface area contributed by atoms with Crippen LogP contribution < -0.4 is 5.32 Å². The molecular weight excluding hydrogens is 182 g/mol. The molecule has 2 rings (SSSR count). The zero-order valence-electron chi connectivity index (χ0n) is 10.0. The van der Waals surface area contributed by atoms with Crippen molar-refractivity contribution < 1.29 is 0 Å². The molecule has 1 aliphatic carbocycles. The summed E-state index contributed by atoms with van der Waals surface area (Å²) in [6, 6.07) is 7.46. The molecule has 15 heavy (non-hydrogen) atoms. The van der Waals surface area contributed by atoms with E-state index in [0.717, 1.165) is 5.92 Å². The zero-order valence-corrected chi connectivity index (χ0v) is 10.0. The second-order valence-electron chi connectivity index (χ2n) is 4.87. The largest absolute Gasteiger partial charge is 0.316 e. The number of hydrogen-bond donors (Lipinski definition) is 1. The molecule has 1 nitrogen and oxygen atoms in total. The van der Waals surface area contributed by atoms with Gasteiger partial charge in [-0.2, -0.15) is 0 Å². The van der Waals surface area contributed by atoms with E-state index < -0.39 is 0 Å². The van der Waals surface area contributed by atoms with E-state index in [1.165, 1.54) is 36.0 Å². The number of hydrogen-bond acceptors (Lipinski definition) is 1. The van der Waals surface area contributed by atoms with E-state index in [2.05, 4.69) is 44.4 Å². The molecule has 0 bridgehead atoms. The molecule has 82 valence electrons. The Morgan fingerprint density at radius 2 is 2.07 bits per heavy atom. The lowest BCUT2D eigenvalue weighted by Gasteiger charge is -2.17. The third-order valence-corrected chi connectivity index (χ3v) is 3.51. The molecule has 1 aliphatic rings. The molecule has 1 unspecified atom stereocenters. The van der Waals surface area contributed by atoms with Gasteiger partial charge in [-0.25, -0.2) is 0 Å². The van der Waals surface area contributed by atoms with E-state index >= 15 is 0 Å². The van der Waals surface area contributed by atoms with Crippen LogP contribution in [-0.4, -0.2) is 13.1 Å². The number of nitrogens with one attached hydrogen (secondary N) is 1. The molecule has 1 aromatic rings. The maximum absolute atomic E-state index is 3.46. The van der Waals surface area contributed by atoms with Gasteiger partial charge in [-0.3, -0.25) is 0 Å². The van der Waals surface area contributed by atoms with Gasteiger partial charge in [0, 0.05) is 6.04 Å². The maximum atomic E-state index is 3.46. The van der Waals surface area contributed by atoms with Gasteiger partial charge in [-0.05, 0) is 57.2 Å². The summed E-state index contributed by atoms with van der Waals surface area (Å²) in [5, 5.41) is 3.46. The Hall–Kier alpha value is -0.820. The average molecular weight is 203 g/mol. The second-order valence-corrected chi connectivity index (χ2v) is 4.87. The van der Waals surface area contributed by atoms with Crippen LogP contribution in [-0.2, 0) is 6.42 Å². The molecule has 1 aromatic carbocycles. The fourth-order valence-electron chi connectivity index (χ4n) is 2.26. The molecule has 1 N–H and O–H groups in total. The summed E-state index contributed by atoms with van der Waals surface area (Å²) in [5.74, 6) is 0.926. The fourth-order valence-corrected chi connectivity index (χ4v) is 2.26. The summed E-state index contributed by atoms with van der Waals surface area (Å²) in [5.41, 5.74) is 4.32. The molecule has 0 amide bonds. The van der Waals surface area contributed by atoms with Crippen molar-refractivity contribution in [3.63, 3.8) is 0 Å². The van der Waals surface area contributed by atoms with Gasteiger partial charge in [0.2, 0.25) is 0 Å². The molecule has 0 aliphatic heterocycles.